The van der Waals surface area contributed by atoms with Crippen LogP contribution in [0.4, 0.5) is 5.69 Å². The molecule has 1 saturated heterocycles. The van der Waals surface area contributed by atoms with Crippen LogP contribution in [-0.4, -0.2) is 150 Å². The molecule has 0 spiro atoms. The molecule has 0 aliphatic carbocycles. The molecule has 0 bridgehead atoms. The third-order valence-corrected chi connectivity index (χ3v) is 13.2. The largest absolute Gasteiger partial charge is 0.477 e. The molecule has 0 saturated carbocycles. The molecule has 6 rings (SSSR count). The second-order valence-electron chi connectivity index (χ2n) is 17.4. The van der Waals surface area contributed by atoms with Crippen LogP contribution in [0.1, 0.15) is 94.0 Å². The summed E-state index contributed by atoms with van der Waals surface area (Å²) in [6, 6.07) is 26.1. The number of nitrogens with one attached hydrogen (secondary N) is 1. The van der Waals surface area contributed by atoms with E-state index in [1.165, 1.54) is 17.7 Å². The van der Waals surface area contributed by atoms with E-state index in [0.717, 1.165) is 41.8 Å². The average molecular weight is 981 g/mol. The van der Waals surface area contributed by atoms with E-state index in [2.05, 4.69) is 56.3 Å². The normalized spacial score (nSPS) is 18.7. The van der Waals surface area contributed by atoms with Gasteiger partial charge in [0.15, 0.2) is 0 Å². The molecule has 16 nitrogen and oxygen atoms in total. The minimum atomic E-state index is -1.08. The highest BCUT2D eigenvalue weighted by atomic mass is 32.2. The number of anilines is 1. The molecule has 4 aromatic rings. The molecule has 376 valence electrons. The Morgan fingerprint density at radius 3 is 2.01 bits per heavy atom. The second-order valence-corrected chi connectivity index (χ2v) is 18.5. The highest BCUT2D eigenvalue weighted by Crippen LogP contribution is 2.31. The highest BCUT2D eigenvalue weighted by molar-refractivity contribution is 7.99. The van der Waals surface area contributed by atoms with Crippen molar-refractivity contribution in [3.63, 3.8) is 0 Å². The van der Waals surface area contributed by atoms with Gasteiger partial charge in [-0.25, -0.2) is 19.6 Å². The summed E-state index contributed by atoms with van der Waals surface area (Å²) in [7, 11) is 0. The Bertz CT molecular complexity index is 2320. The van der Waals surface area contributed by atoms with Crippen molar-refractivity contribution in [2.45, 2.75) is 70.7 Å². The first-order chi connectivity index (χ1) is 34.1. The quantitative estimate of drug-likeness (QED) is 0.0937. The molecule has 2 aliphatic rings. The molecule has 0 radical (unpaired) electrons. The number of carbonyl (C=O) groups excluding carboxylic acids is 2. The number of ether oxygens (including phenoxy) is 4. The third kappa shape index (κ3) is 18.3. The topological polar surface area (TPSA) is 193 Å². The fraction of sp³-hybridized carbons (Fsp3) is 0.472. The zero-order valence-corrected chi connectivity index (χ0v) is 41.1. The summed E-state index contributed by atoms with van der Waals surface area (Å²) in [6.45, 7) is 9.21. The van der Waals surface area contributed by atoms with Gasteiger partial charge in [0.25, 0.3) is 0 Å². The summed E-state index contributed by atoms with van der Waals surface area (Å²) in [6.07, 6.45) is 7.01. The summed E-state index contributed by atoms with van der Waals surface area (Å²) in [4.78, 5) is 64.6. The van der Waals surface area contributed by atoms with Crippen LogP contribution in [0, 0.1) is 0 Å². The first-order valence-electron chi connectivity index (χ1n) is 24.3. The van der Waals surface area contributed by atoms with Crippen LogP contribution in [-0.2, 0) is 48.2 Å². The van der Waals surface area contributed by atoms with Crippen molar-refractivity contribution in [1.82, 2.24) is 25.1 Å². The molecule has 3 N–H and O–H groups in total. The van der Waals surface area contributed by atoms with Crippen LogP contribution in [0.2, 0.25) is 0 Å². The predicted molar refractivity (Wildman–Crippen MR) is 270 cm³/mol. The Hall–Kier alpha value is -5.53. The molecule has 4 heterocycles. The number of benzene rings is 2. The van der Waals surface area contributed by atoms with E-state index in [9.17, 15) is 29.4 Å². The first-order valence-corrected chi connectivity index (χ1v) is 25.5. The number of aromatic nitrogens is 2. The summed E-state index contributed by atoms with van der Waals surface area (Å²) in [5.74, 6) is -0.551. The van der Waals surface area contributed by atoms with Crippen molar-refractivity contribution in [2.75, 3.05) is 95.4 Å². The molecule has 1 fully saturated rings. The number of carboxylic acid groups (broad SMARTS) is 2. The Balaban J connectivity index is 0.955. The Kier molecular flexibility index (Phi) is 22.8. The van der Waals surface area contributed by atoms with E-state index in [1.54, 1.807) is 23.9 Å². The number of amides is 2. The summed E-state index contributed by atoms with van der Waals surface area (Å²) < 4.78 is 24.5. The van der Waals surface area contributed by atoms with Gasteiger partial charge in [-0.1, -0.05) is 80.1 Å². The number of allylic oxidation sites excluding steroid dienone is 1. The summed E-state index contributed by atoms with van der Waals surface area (Å²) in [5.41, 5.74) is 5.38. The van der Waals surface area contributed by atoms with Crippen LogP contribution in [0.25, 0.3) is 6.08 Å². The van der Waals surface area contributed by atoms with Crippen molar-refractivity contribution < 1.29 is 48.3 Å². The molecule has 2 atom stereocenters. The molecule has 2 aromatic carbocycles. The average Bonchev–Trinajstić information content (AvgIpc) is 3.42. The molecule has 2 aliphatic heterocycles. The lowest BCUT2D eigenvalue weighted by atomic mass is 9.95. The van der Waals surface area contributed by atoms with Gasteiger partial charge in [-0.05, 0) is 71.5 Å². The maximum atomic E-state index is 13.8. The van der Waals surface area contributed by atoms with Crippen LogP contribution in [0.5, 0.6) is 0 Å². The van der Waals surface area contributed by atoms with Crippen LogP contribution in [0.15, 0.2) is 91.0 Å². The molecule has 17 heteroatoms. The first kappa shape index (κ1) is 53.8. The SMILES string of the molecule is CC1/C=C\c2ccccc2N(C(=O)CCC(=O)NCCCCCSC[C@@H]2COCCN(Cc3cccc(C(=O)O)n3)CCOCCOCCN(Cc3cccc(C(=O)O)n3)CCO2)Cc2ccccc21. The standard InChI is InChI=1S/C53H68N6O10S/c1-40-19-20-41-11-4-6-18-49(41)59(35-42-12-3-5-15-46(40)42)51(61)22-21-50(60)54-23-7-2-8-34-70-39-45-38-68-30-26-57(36-43-13-9-16-47(55-43)52(62)63)24-28-66-32-33-67-29-25-58(27-31-69-45)37-44-14-10-17-48(56-44)53(64)65/h3-6,9-20,40,45H,2,7-8,21-39H2,1H3,(H,54,60)(H,62,63)(H,64,65)/b20-19-/t40?,45-/m0/s1. The molecular formula is C53H68N6O10S. The number of carbonyl (C=O) groups is 4. The van der Waals surface area contributed by atoms with Gasteiger partial charge >= 0.3 is 11.9 Å². The monoisotopic (exact) mass is 980 g/mol. The zero-order valence-electron chi connectivity index (χ0n) is 40.3. The number of unbranched alkanes of at least 4 members (excludes halogenated alkanes) is 2. The number of rotatable bonds is 17. The van der Waals surface area contributed by atoms with E-state index in [4.69, 9.17) is 18.9 Å². The minimum absolute atomic E-state index is 0.00207. The number of nitrogens with zero attached hydrogens (tertiary/aromatic N) is 5. The Morgan fingerprint density at radius 2 is 1.33 bits per heavy atom. The van der Waals surface area contributed by atoms with E-state index in [1.807, 2.05) is 53.4 Å². The minimum Gasteiger partial charge on any atom is -0.477 e. The van der Waals surface area contributed by atoms with Crippen LogP contribution in [0.3, 0.4) is 0 Å². The van der Waals surface area contributed by atoms with Gasteiger partial charge in [0.1, 0.15) is 11.4 Å². The van der Waals surface area contributed by atoms with Gasteiger partial charge in [-0.15, -0.1) is 0 Å². The predicted octanol–water partition coefficient (Wildman–Crippen LogP) is 6.79. The van der Waals surface area contributed by atoms with Crippen molar-refractivity contribution in [3.05, 3.63) is 130 Å². The maximum absolute atomic E-state index is 13.8. The fourth-order valence-corrected chi connectivity index (χ4v) is 9.23. The second kappa shape index (κ2) is 29.6. The van der Waals surface area contributed by atoms with Crippen LogP contribution >= 0.6 is 11.8 Å². The number of hydrogen-bond donors (Lipinski definition) is 3. The van der Waals surface area contributed by atoms with Gasteiger partial charge < -0.3 is 39.4 Å². The number of hydrogen-bond acceptors (Lipinski definition) is 13. The number of carboxylic acids is 2. The zero-order chi connectivity index (χ0) is 49.3. The van der Waals surface area contributed by atoms with Crippen molar-refractivity contribution in [2.24, 2.45) is 0 Å². The van der Waals surface area contributed by atoms with Gasteiger partial charge in [0.2, 0.25) is 11.8 Å². The van der Waals surface area contributed by atoms with Crippen molar-refractivity contribution in [1.29, 1.82) is 0 Å². The third-order valence-electron chi connectivity index (χ3n) is 12.0. The van der Waals surface area contributed by atoms with Crippen LogP contribution < -0.4 is 10.2 Å². The summed E-state index contributed by atoms with van der Waals surface area (Å²) >= 11 is 1.79. The lowest BCUT2D eigenvalue weighted by Crippen LogP contribution is -2.35. The molecule has 70 heavy (non-hydrogen) atoms. The number of fused-ring (bicyclic) bond motifs is 2. The summed E-state index contributed by atoms with van der Waals surface area (Å²) in [5, 5.41) is 22.0. The van der Waals surface area contributed by atoms with Crippen molar-refractivity contribution >= 4 is 47.3 Å². The van der Waals surface area contributed by atoms with Gasteiger partial charge in [0.05, 0.1) is 76.0 Å². The Morgan fingerprint density at radius 1 is 0.700 bits per heavy atom. The molecular weight excluding hydrogens is 913 g/mol. The lowest BCUT2D eigenvalue weighted by Gasteiger charge is -2.25. The van der Waals surface area contributed by atoms with E-state index >= 15 is 0 Å². The highest BCUT2D eigenvalue weighted by Gasteiger charge is 2.23. The molecule has 2 amide bonds. The Labute approximate surface area is 415 Å². The van der Waals surface area contributed by atoms with Gasteiger partial charge in [-0.3, -0.25) is 19.4 Å². The molecule has 1 unspecified atom stereocenters. The van der Waals surface area contributed by atoms with Gasteiger partial charge in [-0.2, -0.15) is 11.8 Å². The smallest absolute Gasteiger partial charge is 0.354 e. The van der Waals surface area contributed by atoms with E-state index < -0.39 is 11.9 Å². The number of para-hydroxylation sites is 1. The number of pyridine rings is 2. The van der Waals surface area contributed by atoms with Gasteiger partial charge in [0, 0.05) is 64.4 Å². The maximum Gasteiger partial charge on any atom is 0.354 e. The number of thioether (sulfide) groups is 1. The number of aromatic carboxylic acids is 2. The van der Waals surface area contributed by atoms with E-state index in [-0.39, 0.29) is 48.1 Å². The molecule has 2 aromatic heterocycles. The lowest BCUT2D eigenvalue weighted by molar-refractivity contribution is -0.125. The van der Waals surface area contributed by atoms with E-state index in [0.29, 0.717) is 116 Å². The fourth-order valence-electron chi connectivity index (χ4n) is 8.20. The van der Waals surface area contributed by atoms with Crippen molar-refractivity contribution in [3.8, 4) is 0 Å².